The van der Waals surface area contributed by atoms with Crippen LogP contribution in [0.4, 0.5) is 0 Å². The summed E-state index contributed by atoms with van der Waals surface area (Å²) < 4.78 is 2.32. The van der Waals surface area contributed by atoms with Crippen molar-refractivity contribution in [2.45, 2.75) is 19.5 Å². The third-order valence-corrected chi connectivity index (χ3v) is 3.02. The fraction of sp³-hybridized carbons (Fsp3) is 0.385. The molecule has 0 amide bonds. The second-order valence-corrected chi connectivity index (χ2v) is 4.34. The van der Waals surface area contributed by atoms with Crippen LogP contribution in [-0.2, 0) is 6.54 Å². The first-order valence-corrected chi connectivity index (χ1v) is 5.39. The molecule has 1 aromatic heterocycles. The highest BCUT2D eigenvalue weighted by Gasteiger charge is 2.06. The minimum Gasteiger partial charge on any atom is -0.346 e. The van der Waals surface area contributed by atoms with Gasteiger partial charge in [0.25, 0.3) is 0 Å². The molecule has 0 saturated carbocycles. The molecule has 1 heterocycles. The summed E-state index contributed by atoms with van der Waals surface area (Å²) in [5, 5.41) is 1.32. The fourth-order valence-corrected chi connectivity index (χ4v) is 1.75. The molecule has 0 saturated heterocycles. The van der Waals surface area contributed by atoms with Crippen LogP contribution >= 0.6 is 0 Å². The van der Waals surface area contributed by atoms with Gasteiger partial charge in [0.1, 0.15) is 0 Å². The SMILES string of the molecule is C[C@@H](Cn1ccc2ccccc21)N(C)C. The predicted molar refractivity (Wildman–Crippen MR) is 65.1 cm³/mol. The van der Waals surface area contributed by atoms with Gasteiger partial charge in [0.2, 0.25) is 0 Å². The lowest BCUT2D eigenvalue weighted by Gasteiger charge is -2.20. The van der Waals surface area contributed by atoms with E-state index in [1.54, 1.807) is 0 Å². The maximum Gasteiger partial charge on any atom is 0.0480 e. The van der Waals surface area contributed by atoms with Gasteiger partial charge in [-0.1, -0.05) is 18.2 Å². The van der Waals surface area contributed by atoms with Crippen molar-refractivity contribution in [2.75, 3.05) is 14.1 Å². The van der Waals surface area contributed by atoms with Crippen molar-refractivity contribution in [3.63, 3.8) is 0 Å². The lowest BCUT2D eigenvalue weighted by Crippen LogP contribution is -2.28. The predicted octanol–water partition coefficient (Wildman–Crippen LogP) is 2.59. The molecule has 1 aromatic carbocycles. The molecule has 0 fully saturated rings. The first-order chi connectivity index (χ1) is 7.18. The molecule has 2 rings (SSSR count). The molecule has 0 radical (unpaired) electrons. The average Bonchev–Trinajstić information content (AvgIpc) is 2.62. The number of rotatable bonds is 3. The highest BCUT2D eigenvalue weighted by Crippen LogP contribution is 2.15. The monoisotopic (exact) mass is 202 g/mol. The standard InChI is InChI=1S/C13H18N2/c1-11(14(2)3)10-15-9-8-12-6-4-5-7-13(12)15/h4-9,11H,10H2,1-3H3/t11-/m0/s1. The van der Waals surface area contributed by atoms with Gasteiger partial charge in [-0.05, 0) is 38.5 Å². The maximum absolute atomic E-state index is 2.32. The summed E-state index contributed by atoms with van der Waals surface area (Å²) in [6, 6.07) is 11.3. The zero-order valence-electron chi connectivity index (χ0n) is 9.64. The van der Waals surface area contributed by atoms with E-state index in [0.29, 0.717) is 6.04 Å². The van der Waals surface area contributed by atoms with E-state index in [0.717, 1.165) is 6.54 Å². The van der Waals surface area contributed by atoms with E-state index < -0.39 is 0 Å². The second-order valence-electron chi connectivity index (χ2n) is 4.34. The number of hydrogen-bond donors (Lipinski definition) is 0. The lowest BCUT2D eigenvalue weighted by atomic mass is 10.2. The summed E-state index contributed by atoms with van der Waals surface area (Å²) in [6.45, 7) is 3.29. The van der Waals surface area contributed by atoms with E-state index in [-0.39, 0.29) is 0 Å². The smallest absolute Gasteiger partial charge is 0.0480 e. The van der Waals surface area contributed by atoms with E-state index in [2.05, 4.69) is 67.0 Å². The third-order valence-electron chi connectivity index (χ3n) is 3.02. The first-order valence-electron chi connectivity index (χ1n) is 5.39. The van der Waals surface area contributed by atoms with E-state index in [9.17, 15) is 0 Å². The van der Waals surface area contributed by atoms with E-state index in [4.69, 9.17) is 0 Å². The van der Waals surface area contributed by atoms with Gasteiger partial charge in [-0.3, -0.25) is 0 Å². The summed E-state index contributed by atoms with van der Waals surface area (Å²) in [6.07, 6.45) is 2.17. The number of fused-ring (bicyclic) bond motifs is 1. The molecule has 0 aliphatic heterocycles. The Morgan fingerprint density at radius 2 is 1.93 bits per heavy atom. The molecule has 0 unspecified atom stereocenters. The minimum atomic E-state index is 0.556. The topological polar surface area (TPSA) is 8.17 Å². The first kappa shape index (κ1) is 10.2. The van der Waals surface area contributed by atoms with Crippen molar-refractivity contribution in [1.29, 1.82) is 0 Å². The fourth-order valence-electron chi connectivity index (χ4n) is 1.75. The number of aromatic nitrogens is 1. The van der Waals surface area contributed by atoms with E-state index in [1.807, 2.05) is 0 Å². The van der Waals surface area contributed by atoms with Gasteiger partial charge in [-0.15, -0.1) is 0 Å². The summed E-state index contributed by atoms with van der Waals surface area (Å²) in [7, 11) is 4.24. The lowest BCUT2D eigenvalue weighted by molar-refractivity contribution is 0.286. The van der Waals surface area contributed by atoms with Crippen molar-refractivity contribution < 1.29 is 0 Å². The minimum absolute atomic E-state index is 0.556. The maximum atomic E-state index is 2.32. The van der Waals surface area contributed by atoms with Gasteiger partial charge < -0.3 is 9.47 Å². The number of nitrogens with zero attached hydrogens (tertiary/aromatic N) is 2. The molecule has 2 heteroatoms. The van der Waals surface area contributed by atoms with Gasteiger partial charge in [0.15, 0.2) is 0 Å². The zero-order valence-corrected chi connectivity index (χ0v) is 9.64. The summed E-state index contributed by atoms with van der Waals surface area (Å²) in [5.41, 5.74) is 1.33. The Kier molecular flexibility index (Phi) is 2.78. The Morgan fingerprint density at radius 1 is 1.20 bits per heavy atom. The van der Waals surface area contributed by atoms with Gasteiger partial charge in [-0.2, -0.15) is 0 Å². The van der Waals surface area contributed by atoms with Crippen LogP contribution in [0.5, 0.6) is 0 Å². The molecule has 1 atom stereocenters. The molecule has 15 heavy (non-hydrogen) atoms. The summed E-state index contributed by atoms with van der Waals surface area (Å²) >= 11 is 0. The Balaban J connectivity index is 2.29. The van der Waals surface area contributed by atoms with Crippen LogP contribution in [0, 0.1) is 0 Å². The van der Waals surface area contributed by atoms with Crippen LogP contribution in [0.3, 0.4) is 0 Å². The molecule has 0 spiro atoms. The Bertz CT molecular complexity index is 442. The van der Waals surface area contributed by atoms with Crippen LogP contribution in [0.1, 0.15) is 6.92 Å². The van der Waals surface area contributed by atoms with Crippen molar-refractivity contribution in [3.05, 3.63) is 36.5 Å². The summed E-state index contributed by atoms with van der Waals surface area (Å²) in [5.74, 6) is 0. The molecular weight excluding hydrogens is 184 g/mol. The second kappa shape index (κ2) is 4.07. The summed E-state index contributed by atoms with van der Waals surface area (Å²) in [4.78, 5) is 2.24. The number of hydrogen-bond acceptors (Lipinski definition) is 1. The molecule has 2 aromatic rings. The molecule has 0 N–H and O–H groups in total. The number of para-hydroxylation sites is 1. The van der Waals surface area contributed by atoms with Crippen molar-refractivity contribution in [3.8, 4) is 0 Å². The third kappa shape index (κ3) is 2.05. The van der Waals surface area contributed by atoms with Gasteiger partial charge in [-0.25, -0.2) is 0 Å². The van der Waals surface area contributed by atoms with Crippen LogP contribution in [0.25, 0.3) is 10.9 Å². The largest absolute Gasteiger partial charge is 0.346 e. The quantitative estimate of drug-likeness (QED) is 0.742. The zero-order chi connectivity index (χ0) is 10.8. The highest BCUT2D eigenvalue weighted by atomic mass is 15.1. The van der Waals surface area contributed by atoms with Crippen LogP contribution < -0.4 is 0 Å². The normalized spacial score (nSPS) is 13.6. The van der Waals surface area contributed by atoms with Gasteiger partial charge in [0, 0.05) is 24.3 Å². The van der Waals surface area contributed by atoms with Gasteiger partial charge in [0.05, 0.1) is 0 Å². The van der Waals surface area contributed by atoms with Crippen molar-refractivity contribution in [2.24, 2.45) is 0 Å². The van der Waals surface area contributed by atoms with E-state index >= 15 is 0 Å². The molecule has 2 nitrogen and oxygen atoms in total. The molecule has 0 aliphatic carbocycles. The van der Waals surface area contributed by atoms with Crippen molar-refractivity contribution in [1.82, 2.24) is 9.47 Å². The molecular formula is C13H18N2. The number of likely N-dealkylation sites (N-methyl/N-ethyl adjacent to an activating group) is 1. The van der Waals surface area contributed by atoms with Crippen molar-refractivity contribution >= 4 is 10.9 Å². The molecule has 0 bridgehead atoms. The average molecular weight is 202 g/mol. The van der Waals surface area contributed by atoms with E-state index in [1.165, 1.54) is 10.9 Å². The Hall–Kier alpha value is -1.28. The van der Waals surface area contributed by atoms with Crippen LogP contribution in [0.15, 0.2) is 36.5 Å². The Morgan fingerprint density at radius 3 is 2.67 bits per heavy atom. The van der Waals surface area contributed by atoms with Gasteiger partial charge >= 0.3 is 0 Å². The molecule has 80 valence electrons. The van der Waals surface area contributed by atoms with Crippen LogP contribution in [0.2, 0.25) is 0 Å². The Labute approximate surface area is 91.1 Å². The highest BCUT2D eigenvalue weighted by molar-refractivity contribution is 5.79. The number of benzene rings is 1. The van der Waals surface area contributed by atoms with Crippen LogP contribution in [-0.4, -0.2) is 29.6 Å². The molecule has 0 aliphatic rings.